The Morgan fingerprint density at radius 1 is 1.56 bits per heavy atom. The molecule has 0 amide bonds. The lowest BCUT2D eigenvalue weighted by Gasteiger charge is -2.18. The van der Waals surface area contributed by atoms with Gasteiger partial charge < -0.3 is 5.73 Å². The molecule has 0 aliphatic carbocycles. The number of hydrogen-bond donors (Lipinski definition) is 1. The Bertz CT molecular complexity index is 116. The molecule has 0 aromatic carbocycles. The van der Waals surface area contributed by atoms with Crippen molar-refractivity contribution in [1.82, 2.24) is 0 Å². The maximum absolute atomic E-state index is 8.32. The summed E-state index contributed by atoms with van der Waals surface area (Å²) in [5, 5.41) is 8.32. The van der Waals surface area contributed by atoms with Gasteiger partial charge in [0.05, 0.1) is 12.1 Å². The number of hydrogen-bond acceptors (Lipinski definition) is 2. The van der Waals surface area contributed by atoms with Gasteiger partial charge in [-0.05, 0) is 11.8 Å². The van der Waals surface area contributed by atoms with Gasteiger partial charge in [0, 0.05) is 0 Å². The molecule has 2 heteroatoms. The summed E-state index contributed by atoms with van der Waals surface area (Å²) in [6, 6.07) is 1.70. The molecule has 0 heterocycles. The molecule has 52 valence electrons. The zero-order valence-corrected chi connectivity index (χ0v) is 6.31. The van der Waals surface area contributed by atoms with Crippen LogP contribution >= 0.6 is 0 Å². The average molecular weight is 126 g/mol. The quantitative estimate of drug-likeness (QED) is 0.575. The van der Waals surface area contributed by atoms with Crippen LogP contribution in [-0.2, 0) is 0 Å². The molecule has 0 aliphatic heterocycles. The van der Waals surface area contributed by atoms with Crippen molar-refractivity contribution in [2.24, 2.45) is 11.1 Å². The Kier molecular flexibility index (Phi) is 2.66. The molecule has 0 aromatic rings. The standard InChI is InChI=1S/C7H14N2/c1-7(2,3)4-6(9)5-8/h6H,4,9H2,1-3H3/t6-/m1/s1. The fraction of sp³-hybridized carbons (Fsp3) is 0.857. The third-order valence-electron chi connectivity index (χ3n) is 0.998. The van der Waals surface area contributed by atoms with E-state index in [0.717, 1.165) is 6.42 Å². The monoisotopic (exact) mass is 126 g/mol. The molecule has 0 bridgehead atoms. The molecular weight excluding hydrogens is 112 g/mol. The first-order valence-electron chi connectivity index (χ1n) is 3.11. The Hall–Kier alpha value is -0.550. The zero-order valence-electron chi connectivity index (χ0n) is 6.31. The fourth-order valence-electron chi connectivity index (χ4n) is 0.705. The van der Waals surface area contributed by atoms with Gasteiger partial charge in [-0.2, -0.15) is 5.26 Å². The van der Waals surface area contributed by atoms with Crippen molar-refractivity contribution < 1.29 is 0 Å². The highest BCUT2D eigenvalue weighted by Gasteiger charge is 2.14. The molecule has 0 fully saturated rings. The van der Waals surface area contributed by atoms with Crippen molar-refractivity contribution >= 4 is 0 Å². The molecular formula is C7H14N2. The number of rotatable bonds is 1. The van der Waals surface area contributed by atoms with Crippen LogP contribution in [0.15, 0.2) is 0 Å². The highest BCUT2D eigenvalue weighted by molar-refractivity contribution is 4.89. The van der Waals surface area contributed by atoms with Crippen LogP contribution in [0.2, 0.25) is 0 Å². The second-order valence-corrected chi connectivity index (χ2v) is 3.50. The van der Waals surface area contributed by atoms with Crippen molar-refractivity contribution in [3.63, 3.8) is 0 Å². The maximum atomic E-state index is 8.32. The molecule has 2 N–H and O–H groups in total. The lowest BCUT2D eigenvalue weighted by atomic mass is 9.89. The van der Waals surface area contributed by atoms with Gasteiger partial charge in [-0.15, -0.1) is 0 Å². The second kappa shape index (κ2) is 2.84. The van der Waals surface area contributed by atoms with Crippen molar-refractivity contribution in [3.8, 4) is 6.07 Å². The topological polar surface area (TPSA) is 49.8 Å². The van der Waals surface area contributed by atoms with Crippen LogP contribution in [0, 0.1) is 16.7 Å². The van der Waals surface area contributed by atoms with E-state index in [4.69, 9.17) is 11.0 Å². The number of nitrogens with zero attached hydrogens (tertiary/aromatic N) is 1. The van der Waals surface area contributed by atoms with E-state index in [0.29, 0.717) is 0 Å². The molecule has 0 spiro atoms. The van der Waals surface area contributed by atoms with Gasteiger partial charge in [0.1, 0.15) is 0 Å². The van der Waals surface area contributed by atoms with E-state index in [1.807, 2.05) is 6.07 Å². The van der Waals surface area contributed by atoms with Gasteiger partial charge in [-0.1, -0.05) is 20.8 Å². The van der Waals surface area contributed by atoms with E-state index < -0.39 is 0 Å². The first-order chi connectivity index (χ1) is 3.95. The van der Waals surface area contributed by atoms with E-state index in [2.05, 4.69) is 20.8 Å². The maximum Gasteiger partial charge on any atom is 0.0933 e. The largest absolute Gasteiger partial charge is 0.316 e. The van der Waals surface area contributed by atoms with Crippen LogP contribution in [0.3, 0.4) is 0 Å². The average Bonchev–Trinajstić information content (AvgIpc) is 1.62. The highest BCUT2D eigenvalue weighted by atomic mass is 14.6. The van der Waals surface area contributed by atoms with Crippen LogP contribution in [0.4, 0.5) is 0 Å². The molecule has 0 saturated heterocycles. The second-order valence-electron chi connectivity index (χ2n) is 3.50. The van der Waals surface area contributed by atoms with Crippen LogP contribution in [0.1, 0.15) is 27.2 Å². The summed E-state index contributed by atoms with van der Waals surface area (Å²) in [6.07, 6.45) is 0.767. The van der Waals surface area contributed by atoms with Crippen molar-refractivity contribution in [1.29, 1.82) is 5.26 Å². The summed E-state index contributed by atoms with van der Waals surface area (Å²) in [5.74, 6) is 0. The smallest absolute Gasteiger partial charge is 0.0933 e. The molecule has 1 atom stereocenters. The van der Waals surface area contributed by atoms with E-state index >= 15 is 0 Å². The summed E-state index contributed by atoms with van der Waals surface area (Å²) in [5.41, 5.74) is 5.57. The molecule has 0 radical (unpaired) electrons. The van der Waals surface area contributed by atoms with Gasteiger partial charge in [0.25, 0.3) is 0 Å². The predicted molar refractivity (Wildman–Crippen MR) is 37.7 cm³/mol. The van der Waals surface area contributed by atoms with Crippen LogP contribution in [0.5, 0.6) is 0 Å². The van der Waals surface area contributed by atoms with E-state index in [1.54, 1.807) is 0 Å². The summed E-state index contributed by atoms with van der Waals surface area (Å²) >= 11 is 0. The minimum atomic E-state index is -0.301. The molecule has 0 saturated carbocycles. The van der Waals surface area contributed by atoms with Gasteiger partial charge in [0.2, 0.25) is 0 Å². The third-order valence-corrected chi connectivity index (χ3v) is 0.998. The van der Waals surface area contributed by atoms with E-state index in [-0.39, 0.29) is 11.5 Å². The third kappa shape index (κ3) is 5.32. The number of nitrogens with two attached hydrogens (primary N) is 1. The first-order valence-corrected chi connectivity index (χ1v) is 3.11. The Morgan fingerprint density at radius 3 is 2.11 bits per heavy atom. The Morgan fingerprint density at radius 2 is 2.00 bits per heavy atom. The van der Waals surface area contributed by atoms with Crippen molar-refractivity contribution in [2.75, 3.05) is 0 Å². The van der Waals surface area contributed by atoms with Crippen molar-refractivity contribution in [2.45, 2.75) is 33.2 Å². The summed E-state index contributed by atoms with van der Waals surface area (Å²) in [7, 11) is 0. The molecule has 9 heavy (non-hydrogen) atoms. The highest BCUT2D eigenvalue weighted by Crippen LogP contribution is 2.19. The Balaban J connectivity index is 3.63. The van der Waals surface area contributed by atoms with Crippen LogP contribution < -0.4 is 5.73 Å². The van der Waals surface area contributed by atoms with Gasteiger partial charge in [-0.25, -0.2) is 0 Å². The van der Waals surface area contributed by atoms with Gasteiger partial charge in [0.15, 0.2) is 0 Å². The van der Waals surface area contributed by atoms with Gasteiger partial charge in [-0.3, -0.25) is 0 Å². The van der Waals surface area contributed by atoms with Gasteiger partial charge >= 0.3 is 0 Å². The predicted octanol–water partition coefficient (Wildman–Crippen LogP) is 1.27. The zero-order chi connectivity index (χ0) is 7.49. The summed E-state index contributed by atoms with van der Waals surface area (Å²) in [6.45, 7) is 6.22. The Labute approximate surface area is 56.7 Å². The molecule has 0 aliphatic rings. The lowest BCUT2D eigenvalue weighted by Crippen LogP contribution is -2.24. The summed E-state index contributed by atoms with van der Waals surface area (Å²) in [4.78, 5) is 0. The SMILES string of the molecule is CC(C)(C)C[C@@H](N)C#N. The molecule has 2 nitrogen and oxygen atoms in total. The molecule has 0 unspecified atom stereocenters. The van der Waals surface area contributed by atoms with Crippen molar-refractivity contribution in [3.05, 3.63) is 0 Å². The normalized spacial score (nSPS) is 14.6. The summed E-state index contributed by atoms with van der Waals surface area (Å²) < 4.78 is 0. The lowest BCUT2D eigenvalue weighted by molar-refractivity contribution is 0.363. The van der Waals surface area contributed by atoms with E-state index in [1.165, 1.54) is 0 Å². The van der Waals surface area contributed by atoms with E-state index in [9.17, 15) is 0 Å². The fourth-order valence-corrected chi connectivity index (χ4v) is 0.705. The van der Waals surface area contributed by atoms with Crippen LogP contribution in [0.25, 0.3) is 0 Å². The number of nitriles is 1. The molecule has 0 aromatic heterocycles. The minimum Gasteiger partial charge on any atom is -0.316 e. The molecule has 0 rings (SSSR count). The first kappa shape index (κ1) is 8.45. The van der Waals surface area contributed by atoms with Crippen LogP contribution in [-0.4, -0.2) is 6.04 Å². The minimum absolute atomic E-state index is 0.176.